The van der Waals surface area contributed by atoms with Crippen molar-refractivity contribution in [3.63, 3.8) is 0 Å². The van der Waals surface area contributed by atoms with E-state index in [2.05, 4.69) is 10.3 Å². The van der Waals surface area contributed by atoms with Gasteiger partial charge in [-0.3, -0.25) is 9.00 Å². The van der Waals surface area contributed by atoms with Gasteiger partial charge in [0, 0.05) is 34.2 Å². The molecule has 1 aromatic rings. The van der Waals surface area contributed by atoms with E-state index < -0.39 is 22.2 Å². The second kappa shape index (κ2) is 6.29. The lowest BCUT2D eigenvalue weighted by Gasteiger charge is -2.15. The molecule has 0 radical (unpaired) electrons. The lowest BCUT2D eigenvalue weighted by Crippen LogP contribution is -2.28. The molecule has 0 saturated heterocycles. The van der Waals surface area contributed by atoms with Gasteiger partial charge < -0.3 is 10.4 Å². The highest BCUT2D eigenvalue weighted by atomic mass is 32.2. The summed E-state index contributed by atoms with van der Waals surface area (Å²) in [6.07, 6.45) is 0. The van der Waals surface area contributed by atoms with E-state index in [0.29, 0.717) is 28.9 Å². The van der Waals surface area contributed by atoms with Gasteiger partial charge in [-0.05, 0) is 13.8 Å². The first-order chi connectivity index (χ1) is 8.37. The molecule has 2 N–H and O–H groups in total. The largest absolute Gasteiger partial charge is 0.481 e. The van der Waals surface area contributed by atoms with Crippen molar-refractivity contribution in [1.82, 2.24) is 4.98 Å². The standard InChI is InChI=1S/C11H18N2O3S2/c1-4-18(16)6-5-12-10-13-8(7-17-10)11(2,3)9(14)15/h7H,4-6H2,1-3H3,(H,12,13)(H,14,15). The third-order valence-corrected chi connectivity index (χ3v) is 4.71. The second-order valence-electron chi connectivity index (χ2n) is 4.33. The van der Waals surface area contributed by atoms with Gasteiger partial charge in [-0.15, -0.1) is 11.3 Å². The first-order valence-corrected chi connectivity index (χ1v) is 8.03. The van der Waals surface area contributed by atoms with Crippen molar-refractivity contribution < 1.29 is 14.1 Å². The van der Waals surface area contributed by atoms with E-state index in [1.54, 1.807) is 19.2 Å². The predicted molar refractivity (Wildman–Crippen MR) is 74.8 cm³/mol. The average molecular weight is 290 g/mol. The third kappa shape index (κ3) is 3.78. The molecule has 7 heteroatoms. The molecule has 0 aliphatic rings. The zero-order chi connectivity index (χ0) is 13.8. The number of aliphatic carboxylic acids is 1. The molecule has 18 heavy (non-hydrogen) atoms. The summed E-state index contributed by atoms with van der Waals surface area (Å²) < 4.78 is 11.2. The maximum Gasteiger partial charge on any atom is 0.315 e. The van der Waals surface area contributed by atoms with Crippen molar-refractivity contribution in [3.8, 4) is 0 Å². The van der Waals surface area contributed by atoms with Gasteiger partial charge in [0.05, 0.1) is 5.69 Å². The van der Waals surface area contributed by atoms with Gasteiger partial charge in [0.1, 0.15) is 5.41 Å². The first-order valence-electron chi connectivity index (χ1n) is 5.66. The van der Waals surface area contributed by atoms with Crippen LogP contribution in [0, 0.1) is 0 Å². The van der Waals surface area contributed by atoms with Crippen LogP contribution in [0.15, 0.2) is 5.38 Å². The molecule has 1 unspecified atom stereocenters. The van der Waals surface area contributed by atoms with Crippen molar-refractivity contribution in [2.75, 3.05) is 23.4 Å². The fraction of sp³-hybridized carbons (Fsp3) is 0.636. The molecule has 0 aliphatic heterocycles. The Morgan fingerprint density at radius 2 is 2.28 bits per heavy atom. The Kier molecular flexibility index (Phi) is 5.28. The summed E-state index contributed by atoms with van der Waals surface area (Å²) in [6, 6.07) is 0. The zero-order valence-electron chi connectivity index (χ0n) is 10.7. The quantitative estimate of drug-likeness (QED) is 0.799. The molecule has 0 fully saturated rings. The first kappa shape index (κ1) is 15.1. The Labute approximate surface area is 113 Å². The van der Waals surface area contributed by atoms with Crippen LogP contribution in [0.3, 0.4) is 0 Å². The summed E-state index contributed by atoms with van der Waals surface area (Å²) in [4.78, 5) is 15.3. The van der Waals surface area contributed by atoms with Gasteiger partial charge in [-0.25, -0.2) is 4.98 Å². The Hall–Kier alpha value is -0.950. The number of anilines is 1. The summed E-state index contributed by atoms with van der Waals surface area (Å²) in [6.45, 7) is 5.72. The van der Waals surface area contributed by atoms with E-state index in [0.717, 1.165) is 0 Å². The van der Waals surface area contributed by atoms with Crippen LogP contribution in [0.1, 0.15) is 26.5 Å². The Morgan fingerprint density at radius 1 is 1.61 bits per heavy atom. The van der Waals surface area contributed by atoms with Gasteiger partial charge in [0.15, 0.2) is 5.13 Å². The molecule has 5 nitrogen and oxygen atoms in total. The molecule has 1 rings (SSSR count). The number of nitrogens with zero attached hydrogens (tertiary/aromatic N) is 1. The maximum atomic E-state index is 11.2. The molecule has 1 heterocycles. The molecular weight excluding hydrogens is 272 g/mol. The highest BCUT2D eigenvalue weighted by molar-refractivity contribution is 7.84. The summed E-state index contributed by atoms with van der Waals surface area (Å²) in [7, 11) is -0.798. The Bertz CT molecular complexity index is 443. The number of nitrogens with one attached hydrogen (secondary N) is 1. The molecule has 0 bridgehead atoms. The van der Waals surface area contributed by atoms with E-state index in [4.69, 9.17) is 5.11 Å². The highest BCUT2D eigenvalue weighted by Gasteiger charge is 2.32. The minimum absolute atomic E-state index is 0.541. The Balaban J connectivity index is 2.59. The molecule has 0 spiro atoms. The molecule has 0 aliphatic carbocycles. The minimum Gasteiger partial charge on any atom is -0.481 e. The topological polar surface area (TPSA) is 79.3 Å². The van der Waals surface area contributed by atoms with Crippen LogP contribution in [0.5, 0.6) is 0 Å². The summed E-state index contributed by atoms with van der Waals surface area (Å²) in [5.74, 6) is 0.330. The van der Waals surface area contributed by atoms with Gasteiger partial charge in [-0.2, -0.15) is 0 Å². The van der Waals surface area contributed by atoms with Crippen molar-refractivity contribution >= 4 is 33.2 Å². The van der Waals surface area contributed by atoms with Crippen LogP contribution >= 0.6 is 11.3 Å². The number of hydrogen-bond donors (Lipinski definition) is 2. The van der Waals surface area contributed by atoms with Gasteiger partial charge in [-0.1, -0.05) is 6.92 Å². The SMILES string of the molecule is CCS(=O)CCNc1nc(C(C)(C)C(=O)O)cs1. The number of hydrogen-bond acceptors (Lipinski definition) is 5. The van der Waals surface area contributed by atoms with Crippen LogP contribution < -0.4 is 5.32 Å². The molecule has 0 aromatic carbocycles. The van der Waals surface area contributed by atoms with E-state index in [9.17, 15) is 9.00 Å². The summed E-state index contributed by atoms with van der Waals surface area (Å²) in [5.41, 5.74) is -0.443. The van der Waals surface area contributed by atoms with Crippen LogP contribution in [0.2, 0.25) is 0 Å². The van der Waals surface area contributed by atoms with Crippen LogP contribution in [0.4, 0.5) is 5.13 Å². The van der Waals surface area contributed by atoms with E-state index in [1.807, 2.05) is 6.92 Å². The van der Waals surface area contributed by atoms with Crippen LogP contribution in [-0.2, 0) is 21.0 Å². The van der Waals surface area contributed by atoms with E-state index in [-0.39, 0.29) is 0 Å². The van der Waals surface area contributed by atoms with Gasteiger partial charge >= 0.3 is 5.97 Å². The smallest absolute Gasteiger partial charge is 0.315 e. The minimum atomic E-state index is -0.983. The van der Waals surface area contributed by atoms with Crippen molar-refractivity contribution in [2.24, 2.45) is 0 Å². The number of carboxylic acid groups (broad SMARTS) is 1. The molecule has 0 amide bonds. The van der Waals surface area contributed by atoms with Gasteiger partial charge in [0.2, 0.25) is 0 Å². The number of thiazole rings is 1. The van der Waals surface area contributed by atoms with Crippen LogP contribution in [0.25, 0.3) is 0 Å². The summed E-state index contributed by atoms with van der Waals surface area (Å²) >= 11 is 1.37. The van der Waals surface area contributed by atoms with E-state index >= 15 is 0 Å². The average Bonchev–Trinajstić information content (AvgIpc) is 2.77. The molecule has 102 valence electrons. The van der Waals surface area contributed by atoms with Crippen molar-refractivity contribution in [3.05, 3.63) is 11.1 Å². The van der Waals surface area contributed by atoms with Crippen molar-refractivity contribution in [2.45, 2.75) is 26.2 Å². The third-order valence-electron chi connectivity index (χ3n) is 2.61. The van der Waals surface area contributed by atoms with E-state index in [1.165, 1.54) is 11.3 Å². The number of carboxylic acids is 1. The fourth-order valence-electron chi connectivity index (χ4n) is 1.17. The number of rotatable bonds is 7. The Morgan fingerprint density at radius 3 is 2.83 bits per heavy atom. The molecular formula is C11H18N2O3S2. The van der Waals surface area contributed by atoms with Gasteiger partial charge in [0.25, 0.3) is 0 Å². The number of aromatic nitrogens is 1. The lowest BCUT2D eigenvalue weighted by molar-refractivity contribution is -0.142. The second-order valence-corrected chi connectivity index (χ2v) is 7.05. The maximum absolute atomic E-state index is 11.2. The normalized spacial score (nSPS) is 13.3. The van der Waals surface area contributed by atoms with Crippen LogP contribution in [-0.4, -0.2) is 38.3 Å². The monoisotopic (exact) mass is 290 g/mol. The zero-order valence-corrected chi connectivity index (χ0v) is 12.4. The van der Waals surface area contributed by atoms with Crippen molar-refractivity contribution in [1.29, 1.82) is 0 Å². The fourth-order valence-corrected chi connectivity index (χ4v) is 2.69. The lowest BCUT2D eigenvalue weighted by atomic mass is 9.90. The summed E-state index contributed by atoms with van der Waals surface area (Å²) in [5, 5.41) is 14.6. The molecule has 1 aromatic heterocycles. The molecule has 1 atom stereocenters. The molecule has 0 saturated carbocycles. The number of carbonyl (C=O) groups is 1. The highest BCUT2D eigenvalue weighted by Crippen LogP contribution is 2.27. The predicted octanol–water partition coefficient (Wildman–Crippen LogP) is 1.69.